The third-order valence-corrected chi connectivity index (χ3v) is 5.49. The van der Waals surface area contributed by atoms with Crippen LogP contribution in [0.2, 0.25) is 0 Å². The second-order valence-electron chi connectivity index (χ2n) is 6.45. The molecule has 0 spiro atoms. The first kappa shape index (κ1) is 17.4. The minimum absolute atomic E-state index is 0.113. The molecule has 0 unspecified atom stereocenters. The molecular weight excluding hydrogens is 356 g/mol. The summed E-state index contributed by atoms with van der Waals surface area (Å²) in [5.74, 6) is 0.113. The monoisotopic (exact) mass is 376 g/mol. The molecule has 2 heterocycles. The van der Waals surface area contributed by atoms with Gasteiger partial charge < -0.3 is 4.90 Å². The van der Waals surface area contributed by atoms with Gasteiger partial charge in [0.1, 0.15) is 0 Å². The van der Waals surface area contributed by atoms with Crippen LogP contribution in [0.15, 0.2) is 67.0 Å². The van der Waals surface area contributed by atoms with Crippen LogP contribution in [0.4, 0.5) is 0 Å². The molecule has 6 heteroatoms. The van der Waals surface area contributed by atoms with E-state index in [-0.39, 0.29) is 5.91 Å². The summed E-state index contributed by atoms with van der Waals surface area (Å²) in [7, 11) is 1.83. The fourth-order valence-corrected chi connectivity index (χ4v) is 3.92. The third kappa shape index (κ3) is 4.06. The number of carbonyl (C=O) groups is 1. The zero-order valence-corrected chi connectivity index (χ0v) is 15.9. The van der Waals surface area contributed by atoms with Gasteiger partial charge in [-0.25, -0.2) is 9.67 Å². The highest BCUT2D eigenvalue weighted by Crippen LogP contribution is 2.22. The molecule has 2 aromatic carbocycles. The summed E-state index contributed by atoms with van der Waals surface area (Å²) in [5, 5.41) is 5.40. The summed E-state index contributed by atoms with van der Waals surface area (Å²) in [5.41, 5.74) is 3.02. The van der Waals surface area contributed by atoms with E-state index in [0.717, 1.165) is 21.8 Å². The zero-order valence-electron chi connectivity index (χ0n) is 15.1. The molecule has 0 radical (unpaired) electrons. The predicted molar refractivity (Wildman–Crippen MR) is 108 cm³/mol. The summed E-state index contributed by atoms with van der Waals surface area (Å²) >= 11 is 1.66. The maximum atomic E-state index is 12.5. The van der Waals surface area contributed by atoms with Gasteiger partial charge in [-0.3, -0.25) is 4.79 Å². The number of rotatable bonds is 6. The first-order valence-corrected chi connectivity index (χ1v) is 9.68. The van der Waals surface area contributed by atoms with E-state index in [2.05, 4.69) is 16.1 Å². The van der Waals surface area contributed by atoms with Crippen molar-refractivity contribution < 1.29 is 4.79 Å². The standard InChI is InChI=1S/C21H20N4OS/c1-24(14-16-13-22-25(15-16)17-7-3-2-4-8-17)21(26)12-11-20-23-18-9-5-6-10-19(18)27-20/h2-10,13,15H,11-12,14H2,1H3. The van der Waals surface area contributed by atoms with Gasteiger partial charge in [-0.05, 0) is 24.3 Å². The molecule has 0 aliphatic rings. The molecule has 0 bridgehead atoms. The van der Waals surface area contributed by atoms with Crippen molar-refractivity contribution in [2.75, 3.05) is 7.05 Å². The maximum Gasteiger partial charge on any atom is 0.223 e. The Bertz CT molecular complexity index is 1020. The number of nitrogens with zero attached hydrogens (tertiary/aromatic N) is 4. The number of aryl methyl sites for hydroxylation is 1. The molecule has 0 fully saturated rings. The summed E-state index contributed by atoms with van der Waals surface area (Å²) in [4.78, 5) is 18.8. The van der Waals surface area contributed by atoms with E-state index in [1.54, 1.807) is 16.2 Å². The average Bonchev–Trinajstić information content (AvgIpc) is 3.33. The highest BCUT2D eigenvalue weighted by atomic mass is 32.1. The van der Waals surface area contributed by atoms with Crippen LogP contribution in [-0.4, -0.2) is 32.6 Å². The van der Waals surface area contributed by atoms with E-state index in [9.17, 15) is 4.79 Å². The van der Waals surface area contributed by atoms with Crippen molar-refractivity contribution in [3.63, 3.8) is 0 Å². The van der Waals surface area contributed by atoms with E-state index in [1.165, 1.54) is 4.70 Å². The molecule has 2 aromatic heterocycles. The molecule has 0 saturated carbocycles. The molecule has 136 valence electrons. The number of thiazole rings is 1. The van der Waals surface area contributed by atoms with Crippen molar-refractivity contribution in [2.24, 2.45) is 0 Å². The van der Waals surface area contributed by atoms with Crippen molar-refractivity contribution in [1.29, 1.82) is 0 Å². The maximum absolute atomic E-state index is 12.5. The SMILES string of the molecule is CN(Cc1cnn(-c2ccccc2)c1)C(=O)CCc1nc2ccccc2s1. The predicted octanol–water partition coefficient (Wildman–Crippen LogP) is 4.07. The molecule has 4 aromatic rings. The van der Waals surface area contributed by atoms with Crippen molar-refractivity contribution in [3.05, 3.63) is 77.6 Å². The van der Waals surface area contributed by atoms with Gasteiger partial charge in [-0.2, -0.15) is 5.10 Å². The van der Waals surface area contributed by atoms with Gasteiger partial charge in [0.05, 0.1) is 27.1 Å². The Hall–Kier alpha value is -2.99. The van der Waals surface area contributed by atoms with Crippen LogP contribution < -0.4 is 0 Å². The normalized spacial score (nSPS) is 11.0. The Balaban J connectivity index is 1.34. The lowest BCUT2D eigenvalue weighted by molar-refractivity contribution is -0.130. The Morgan fingerprint density at radius 3 is 2.70 bits per heavy atom. The Morgan fingerprint density at radius 1 is 1.11 bits per heavy atom. The number of hydrogen-bond donors (Lipinski definition) is 0. The number of amides is 1. The number of benzene rings is 2. The van der Waals surface area contributed by atoms with Crippen LogP contribution in [0, 0.1) is 0 Å². The topological polar surface area (TPSA) is 51.0 Å². The first-order chi connectivity index (χ1) is 13.2. The van der Waals surface area contributed by atoms with Crippen LogP contribution >= 0.6 is 11.3 Å². The van der Waals surface area contributed by atoms with Crippen molar-refractivity contribution in [3.8, 4) is 5.69 Å². The lowest BCUT2D eigenvalue weighted by Gasteiger charge is -2.15. The van der Waals surface area contributed by atoms with E-state index in [4.69, 9.17) is 0 Å². The quantitative estimate of drug-likeness (QED) is 0.510. The number of carbonyl (C=O) groups excluding carboxylic acids is 1. The van der Waals surface area contributed by atoms with Gasteiger partial charge >= 0.3 is 0 Å². The second-order valence-corrected chi connectivity index (χ2v) is 7.57. The summed E-state index contributed by atoms with van der Waals surface area (Å²) < 4.78 is 3.00. The zero-order chi connectivity index (χ0) is 18.6. The van der Waals surface area contributed by atoms with Gasteiger partial charge in [0.25, 0.3) is 0 Å². The second kappa shape index (κ2) is 7.72. The molecule has 0 aliphatic carbocycles. The van der Waals surface area contributed by atoms with Crippen LogP contribution in [-0.2, 0) is 17.8 Å². The van der Waals surface area contributed by atoms with Crippen LogP contribution in [0.5, 0.6) is 0 Å². The van der Waals surface area contributed by atoms with Crippen LogP contribution in [0.3, 0.4) is 0 Å². The van der Waals surface area contributed by atoms with Gasteiger partial charge in [0.15, 0.2) is 0 Å². The fourth-order valence-electron chi connectivity index (χ4n) is 2.96. The highest BCUT2D eigenvalue weighted by molar-refractivity contribution is 7.18. The van der Waals surface area contributed by atoms with Crippen LogP contribution in [0.1, 0.15) is 17.0 Å². The van der Waals surface area contributed by atoms with Crippen molar-refractivity contribution >= 4 is 27.5 Å². The Kier molecular flexibility index (Phi) is 4.98. The average molecular weight is 376 g/mol. The lowest BCUT2D eigenvalue weighted by atomic mass is 10.2. The van der Waals surface area contributed by atoms with E-state index in [0.29, 0.717) is 19.4 Å². The van der Waals surface area contributed by atoms with Gasteiger partial charge in [-0.1, -0.05) is 30.3 Å². The summed E-state index contributed by atoms with van der Waals surface area (Å²) in [6.07, 6.45) is 4.91. The summed E-state index contributed by atoms with van der Waals surface area (Å²) in [6, 6.07) is 18.0. The molecule has 0 atom stereocenters. The number of para-hydroxylation sites is 2. The Labute approximate surface area is 161 Å². The largest absolute Gasteiger partial charge is 0.341 e. The highest BCUT2D eigenvalue weighted by Gasteiger charge is 2.12. The minimum Gasteiger partial charge on any atom is -0.341 e. The summed E-state index contributed by atoms with van der Waals surface area (Å²) in [6.45, 7) is 0.547. The number of hydrogen-bond acceptors (Lipinski definition) is 4. The minimum atomic E-state index is 0.113. The Morgan fingerprint density at radius 2 is 1.89 bits per heavy atom. The van der Waals surface area contributed by atoms with Crippen molar-refractivity contribution in [2.45, 2.75) is 19.4 Å². The third-order valence-electron chi connectivity index (χ3n) is 4.39. The first-order valence-electron chi connectivity index (χ1n) is 8.86. The number of aromatic nitrogens is 3. The molecule has 27 heavy (non-hydrogen) atoms. The van der Waals surface area contributed by atoms with Gasteiger partial charge in [-0.15, -0.1) is 11.3 Å². The molecule has 0 aliphatic heterocycles. The van der Waals surface area contributed by atoms with Crippen LogP contribution in [0.25, 0.3) is 15.9 Å². The molecule has 1 amide bonds. The lowest BCUT2D eigenvalue weighted by Crippen LogP contribution is -2.26. The molecular formula is C21H20N4OS. The smallest absolute Gasteiger partial charge is 0.223 e. The van der Waals surface area contributed by atoms with E-state index in [1.807, 2.05) is 72.7 Å². The number of fused-ring (bicyclic) bond motifs is 1. The fraction of sp³-hybridized carbons (Fsp3) is 0.190. The van der Waals surface area contributed by atoms with E-state index >= 15 is 0 Å². The molecule has 5 nitrogen and oxygen atoms in total. The van der Waals surface area contributed by atoms with Gasteiger partial charge in [0.2, 0.25) is 5.91 Å². The van der Waals surface area contributed by atoms with Crippen molar-refractivity contribution in [1.82, 2.24) is 19.7 Å². The van der Waals surface area contributed by atoms with E-state index < -0.39 is 0 Å². The molecule has 4 rings (SSSR count). The molecule has 0 saturated heterocycles. The molecule has 0 N–H and O–H groups in total. The van der Waals surface area contributed by atoms with Gasteiger partial charge in [0, 0.05) is 38.2 Å².